The first-order valence-corrected chi connectivity index (χ1v) is 14.3. The molecule has 2 fully saturated rings. The molecule has 2 aliphatic rings. The third-order valence-corrected chi connectivity index (χ3v) is 8.69. The summed E-state index contributed by atoms with van der Waals surface area (Å²) in [4.78, 5) is 52.0. The number of oxazole rings is 1. The molecular formula is C30H33N7O5. The van der Waals surface area contributed by atoms with Gasteiger partial charge in [0.1, 0.15) is 29.8 Å². The zero-order valence-corrected chi connectivity index (χ0v) is 23.6. The molecule has 2 unspecified atom stereocenters. The molecule has 0 bridgehead atoms. The van der Waals surface area contributed by atoms with E-state index in [1.807, 2.05) is 18.2 Å². The van der Waals surface area contributed by atoms with Gasteiger partial charge in [-0.2, -0.15) is 14.6 Å². The third kappa shape index (κ3) is 5.24. The molecule has 3 heterocycles. The highest BCUT2D eigenvalue weighted by atomic mass is 16.5. The van der Waals surface area contributed by atoms with Crippen molar-refractivity contribution < 1.29 is 23.5 Å². The number of hydrogen-bond acceptors (Lipinski definition) is 9. The van der Waals surface area contributed by atoms with Crippen LogP contribution in [0, 0.1) is 30.6 Å². The number of carbonyl (C=O) groups is 3. The first-order valence-electron chi connectivity index (χ1n) is 14.3. The second-order valence-corrected chi connectivity index (χ2v) is 11.2. The Bertz CT molecular complexity index is 1680. The number of hydrogen-bond donors (Lipinski definition) is 2. The summed E-state index contributed by atoms with van der Waals surface area (Å²) in [5.74, 6) is 0.366. The molecule has 2 aliphatic carbocycles. The largest absolute Gasteiger partial charge is 0.461 e. The predicted molar refractivity (Wildman–Crippen MR) is 151 cm³/mol. The SMILES string of the molecule is C=CCOC(=O)C1CCC2[C@@H](NC(=O)c3cc(C(=O)NCc4ccc5oc(C)nc5c4)nc4ncnn34)CC[C@H]2[C@H]1C. The summed E-state index contributed by atoms with van der Waals surface area (Å²) < 4.78 is 12.2. The second-order valence-electron chi connectivity index (χ2n) is 11.2. The molecule has 0 radical (unpaired) electrons. The van der Waals surface area contributed by atoms with E-state index in [4.69, 9.17) is 9.15 Å². The molecule has 0 aliphatic heterocycles. The highest BCUT2D eigenvalue weighted by Gasteiger charge is 2.47. The van der Waals surface area contributed by atoms with Crippen LogP contribution in [0.3, 0.4) is 0 Å². The van der Waals surface area contributed by atoms with E-state index in [2.05, 4.69) is 44.2 Å². The van der Waals surface area contributed by atoms with Gasteiger partial charge in [-0.15, -0.1) is 0 Å². The van der Waals surface area contributed by atoms with Crippen molar-refractivity contribution in [2.45, 2.75) is 52.1 Å². The summed E-state index contributed by atoms with van der Waals surface area (Å²) in [6.45, 7) is 7.97. The number of rotatable bonds is 8. The number of nitrogens with one attached hydrogen (secondary N) is 2. The number of fused-ring (bicyclic) bond motifs is 3. The Balaban J connectivity index is 1.14. The first kappa shape index (κ1) is 27.6. The number of ether oxygens (including phenoxy) is 1. The second kappa shape index (κ2) is 11.3. The van der Waals surface area contributed by atoms with Gasteiger partial charge in [0.2, 0.25) is 0 Å². The average molecular weight is 572 g/mol. The normalized spacial score (nSPS) is 23.4. The fourth-order valence-electron chi connectivity index (χ4n) is 6.66. The zero-order chi connectivity index (χ0) is 29.4. The smallest absolute Gasteiger partial charge is 0.309 e. The molecule has 1 aromatic carbocycles. The van der Waals surface area contributed by atoms with E-state index >= 15 is 0 Å². The molecule has 2 N–H and O–H groups in total. The number of amides is 2. The van der Waals surface area contributed by atoms with Gasteiger partial charge in [0.25, 0.3) is 17.6 Å². The number of benzene rings is 1. The van der Waals surface area contributed by atoms with Crippen molar-refractivity contribution in [1.29, 1.82) is 0 Å². The molecule has 2 amide bonds. The average Bonchev–Trinajstić information content (AvgIpc) is 3.72. The molecule has 42 heavy (non-hydrogen) atoms. The van der Waals surface area contributed by atoms with Crippen LogP contribution in [0.4, 0.5) is 0 Å². The van der Waals surface area contributed by atoms with E-state index in [-0.39, 0.29) is 66.0 Å². The van der Waals surface area contributed by atoms with Crippen molar-refractivity contribution >= 4 is 34.7 Å². The number of aryl methyl sites for hydroxylation is 1. The standard InChI is InChI=1S/C30H33N7O5/c1-4-11-41-29(40)20-6-7-21-19(16(20)2)8-9-22(21)35-28(39)25-13-24(36-30-32-15-33-37(25)30)27(38)31-14-18-5-10-26-23(12-18)34-17(3)42-26/h4-5,10,12-13,15-16,19-22H,1,6-9,11,14H2,2-3H3,(H,31,38)(H,35,39)/t16-,19+,20?,21?,22+/m1/s1. The van der Waals surface area contributed by atoms with Gasteiger partial charge in [0.15, 0.2) is 11.5 Å². The van der Waals surface area contributed by atoms with Crippen LogP contribution in [0.15, 0.2) is 47.7 Å². The van der Waals surface area contributed by atoms with E-state index in [9.17, 15) is 14.4 Å². The monoisotopic (exact) mass is 571 g/mol. The molecule has 0 spiro atoms. The Morgan fingerprint density at radius 1 is 1.12 bits per heavy atom. The van der Waals surface area contributed by atoms with Gasteiger partial charge in [-0.3, -0.25) is 14.4 Å². The lowest BCUT2D eigenvalue weighted by molar-refractivity contribution is -0.152. The number of esters is 1. The summed E-state index contributed by atoms with van der Waals surface area (Å²) >= 11 is 0. The maximum Gasteiger partial charge on any atom is 0.309 e. The topological polar surface area (TPSA) is 154 Å². The molecule has 218 valence electrons. The molecular weight excluding hydrogens is 538 g/mol. The van der Waals surface area contributed by atoms with E-state index < -0.39 is 5.91 Å². The van der Waals surface area contributed by atoms with Gasteiger partial charge in [-0.25, -0.2) is 9.97 Å². The molecule has 0 saturated heterocycles. The van der Waals surface area contributed by atoms with Crippen molar-refractivity contribution in [3.63, 3.8) is 0 Å². The molecule has 12 nitrogen and oxygen atoms in total. The van der Waals surface area contributed by atoms with Crippen molar-refractivity contribution in [3.8, 4) is 0 Å². The van der Waals surface area contributed by atoms with Gasteiger partial charge in [0.05, 0.1) is 5.92 Å². The predicted octanol–water partition coefficient (Wildman–Crippen LogP) is 3.40. The Labute approximate surface area is 241 Å². The molecule has 6 rings (SSSR count). The number of carbonyl (C=O) groups excluding carboxylic acids is 3. The lowest BCUT2D eigenvalue weighted by Crippen LogP contribution is -2.44. The summed E-state index contributed by atoms with van der Waals surface area (Å²) in [5, 5.41) is 10.2. The Hall–Kier alpha value is -4.61. The van der Waals surface area contributed by atoms with Crippen molar-refractivity contribution in [2.75, 3.05) is 6.61 Å². The molecule has 3 aromatic heterocycles. The van der Waals surface area contributed by atoms with Crippen LogP contribution in [0.25, 0.3) is 16.9 Å². The maximum absolute atomic E-state index is 13.6. The van der Waals surface area contributed by atoms with E-state index in [1.165, 1.54) is 16.9 Å². The van der Waals surface area contributed by atoms with Gasteiger partial charge in [-0.05, 0) is 61.1 Å². The van der Waals surface area contributed by atoms with Gasteiger partial charge in [0, 0.05) is 25.6 Å². The summed E-state index contributed by atoms with van der Waals surface area (Å²) in [6.07, 6.45) is 6.17. The minimum Gasteiger partial charge on any atom is -0.461 e. The highest BCUT2D eigenvalue weighted by molar-refractivity contribution is 5.98. The fraction of sp³-hybridized carbons (Fsp3) is 0.433. The van der Waals surface area contributed by atoms with Crippen LogP contribution in [0.1, 0.15) is 65.0 Å². The van der Waals surface area contributed by atoms with Crippen LogP contribution in [-0.4, -0.2) is 55.0 Å². The Morgan fingerprint density at radius 3 is 2.79 bits per heavy atom. The van der Waals surface area contributed by atoms with Crippen LogP contribution in [-0.2, 0) is 16.1 Å². The zero-order valence-electron chi connectivity index (χ0n) is 23.6. The molecule has 2 saturated carbocycles. The lowest BCUT2D eigenvalue weighted by Gasteiger charge is -2.38. The van der Waals surface area contributed by atoms with Gasteiger partial charge in [-0.1, -0.05) is 25.6 Å². The minimum atomic E-state index is -0.442. The van der Waals surface area contributed by atoms with Gasteiger partial charge >= 0.3 is 5.97 Å². The summed E-state index contributed by atoms with van der Waals surface area (Å²) in [5.41, 5.74) is 2.49. The van der Waals surface area contributed by atoms with Crippen molar-refractivity contribution in [1.82, 2.24) is 35.2 Å². The van der Waals surface area contributed by atoms with E-state index in [1.54, 1.807) is 13.0 Å². The minimum absolute atomic E-state index is 0.0470. The molecule has 4 aromatic rings. The summed E-state index contributed by atoms with van der Waals surface area (Å²) in [7, 11) is 0. The molecule has 12 heteroatoms. The van der Waals surface area contributed by atoms with E-state index in [0.29, 0.717) is 22.9 Å². The van der Waals surface area contributed by atoms with E-state index in [0.717, 1.165) is 31.2 Å². The fourth-order valence-corrected chi connectivity index (χ4v) is 6.66. The molecule has 5 atom stereocenters. The van der Waals surface area contributed by atoms with Crippen molar-refractivity contribution in [3.05, 3.63) is 66.1 Å². The Morgan fingerprint density at radius 2 is 1.95 bits per heavy atom. The van der Waals surface area contributed by atoms with Crippen LogP contribution in [0.5, 0.6) is 0 Å². The maximum atomic E-state index is 13.6. The first-order chi connectivity index (χ1) is 20.3. The highest BCUT2D eigenvalue weighted by Crippen LogP contribution is 2.48. The van der Waals surface area contributed by atoms with Crippen LogP contribution < -0.4 is 10.6 Å². The quantitative estimate of drug-likeness (QED) is 0.239. The summed E-state index contributed by atoms with van der Waals surface area (Å²) in [6, 6.07) is 6.92. The van der Waals surface area contributed by atoms with Gasteiger partial charge < -0.3 is 19.8 Å². The number of aromatic nitrogens is 5. The van der Waals surface area contributed by atoms with Crippen molar-refractivity contribution in [2.24, 2.45) is 23.7 Å². The van der Waals surface area contributed by atoms with Crippen LogP contribution >= 0.6 is 0 Å². The Kier molecular flexibility index (Phi) is 7.44. The third-order valence-electron chi connectivity index (χ3n) is 8.69. The number of nitrogens with zero attached hydrogens (tertiary/aromatic N) is 5. The van der Waals surface area contributed by atoms with Crippen LogP contribution in [0.2, 0.25) is 0 Å². The lowest BCUT2D eigenvalue weighted by atomic mass is 9.68.